The van der Waals surface area contributed by atoms with E-state index in [1.165, 1.54) is 11.3 Å². The molecule has 1 saturated heterocycles. The molecule has 0 spiro atoms. The number of nitrogens with one attached hydrogen (secondary N) is 1. The first kappa shape index (κ1) is 20.2. The third kappa shape index (κ3) is 4.39. The molecule has 2 heterocycles. The average Bonchev–Trinajstić information content (AvgIpc) is 3.23. The number of carbonyl (C=O) groups excluding carboxylic acids is 1. The van der Waals surface area contributed by atoms with Gasteiger partial charge in [0.05, 0.1) is 27.4 Å². The largest absolute Gasteiger partial charge is 0.497 e. The van der Waals surface area contributed by atoms with Crippen molar-refractivity contribution in [2.24, 2.45) is 0 Å². The SMILES string of the molecule is COc1cc(OC)cc(C(=O)Nc2nc(-c3ccccc3)c(N3CCOCC3)s2)c1. The zero-order chi connectivity index (χ0) is 20.9. The zero-order valence-corrected chi connectivity index (χ0v) is 17.7. The molecule has 0 aliphatic carbocycles. The van der Waals surface area contributed by atoms with Gasteiger partial charge in [-0.2, -0.15) is 0 Å². The van der Waals surface area contributed by atoms with Crippen molar-refractivity contribution in [3.8, 4) is 22.8 Å². The van der Waals surface area contributed by atoms with Crippen molar-refractivity contribution in [3.63, 3.8) is 0 Å². The van der Waals surface area contributed by atoms with Crippen molar-refractivity contribution in [2.75, 3.05) is 50.7 Å². The number of amides is 1. The van der Waals surface area contributed by atoms with Crippen molar-refractivity contribution in [2.45, 2.75) is 0 Å². The van der Waals surface area contributed by atoms with Gasteiger partial charge >= 0.3 is 0 Å². The van der Waals surface area contributed by atoms with Gasteiger partial charge in [-0.3, -0.25) is 10.1 Å². The van der Waals surface area contributed by atoms with Crippen molar-refractivity contribution >= 4 is 27.4 Å². The van der Waals surface area contributed by atoms with Crippen LogP contribution in [0.25, 0.3) is 11.3 Å². The first-order valence-electron chi connectivity index (χ1n) is 9.61. The van der Waals surface area contributed by atoms with Gasteiger partial charge in [0.1, 0.15) is 22.2 Å². The molecular weight excluding hydrogens is 402 g/mol. The number of rotatable bonds is 6. The van der Waals surface area contributed by atoms with Crippen LogP contribution in [0.2, 0.25) is 0 Å². The van der Waals surface area contributed by atoms with Gasteiger partial charge in [-0.25, -0.2) is 4.98 Å². The standard InChI is InChI=1S/C22H23N3O4S/c1-27-17-12-16(13-18(14-17)28-2)20(26)24-22-23-19(15-6-4-3-5-7-15)21(30-22)25-8-10-29-11-9-25/h3-7,12-14H,8-11H2,1-2H3,(H,23,24,26). The molecule has 0 atom stereocenters. The number of nitrogens with zero attached hydrogens (tertiary/aromatic N) is 2. The van der Waals surface area contributed by atoms with Gasteiger partial charge in [0.25, 0.3) is 5.91 Å². The summed E-state index contributed by atoms with van der Waals surface area (Å²) in [5, 5.41) is 4.50. The molecule has 1 aliphatic heterocycles. The molecule has 1 fully saturated rings. The number of methoxy groups -OCH3 is 2. The minimum absolute atomic E-state index is 0.269. The molecular formula is C22H23N3O4S. The van der Waals surface area contributed by atoms with Gasteiger partial charge in [0.2, 0.25) is 0 Å². The minimum Gasteiger partial charge on any atom is -0.497 e. The van der Waals surface area contributed by atoms with E-state index in [9.17, 15) is 4.79 Å². The summed E-state index contributed by atoms with van der Waals surface area (Å²) in [6.45, 7) is 2.94. The molecule has 1 N–H and O–H groups in total. The number of anilines is 2. The van der Waals surface area contributed by atoms with Gasteiger partial charge in [-0.1, -0.05) is 41.7 Å². The van der Waals surface area contributed by atoms with Gasteiger partial charge in [-0.05, 0) is 12.1 Å². The monoisotopic (exact) mass is 425 g/mol. The molecule has 0 bridgehead atoms. The summed E-state index contributed by atoms with van der Waals surface area (Å²) in [6, 6.07) is 15.1. The van der Waals surface area contributed by atoms with E-state index in [2.05, 4.69) is 10.2 Å². The number of carbonyl (C=O) groups is 1. The fourth-order valence-corrected chi connectivity index (χ4v) is 4.27. The Bertz CT molecular complexity index is 994. The summed E-state index contributed by atoms with van der Waals surface area (Å²) in [4.78, 5) is 19.9. The third-order valence-electron chi connectivity index (χ3n) is 4.79. The maximum absolute atomic E-state index is 12.9. The van der Waals surface area contributed by atoms with Crippen LogP contribution >= 0.6 is 11.3 Å². The van der Waals surface area contributed by atoms with E-state index in [4.69, 9.17) is 19.2 Å². The minimum atomic E-state index is -0.269. The summed E-state index contributed by atoms with van der Waals surface area (Å²) in [6.07, 6.45) is 0. The highest BCUT2D eigenvalue weighted by Crippen LogP contribution is 2.39. The molecule has 1 aromatic heterocycles. The molecule has 0 unspecified atom stereocenters. The fraction of sp³-hybridized carbons (Fsp3) is 0.273. The van der Waals surface area contributed by atoms with E-state index in [1.54, 1.807) is 32.4 Å². The van der Waals surface area contributed by atoms with Crippen molar-refractivity contribution in [3.05, 3.63) is 54.1 Å². The van der Waals surface area contributed by atoms with Crippen LogP contribution in [-0.4, -0.2) is 51.4 Å². The second-order valence-electron chi connectivity index (χ2n) is 6.69. The quantitative estimate of drug-likeness (QED) is 0.645. The Labute approximate surface area is 179 Å². The molecule has 0 radical (unpaired) electrons. The molecule has 8 heteroatoms. The van der Waals surface area contributed by atoms with Crippen LogP contribution in [-0.2, 0) is 4.74 Å². The summed E-state index contributed by atoms with van der Waals surface area (Å²) in [7, 11) is 3.11. The molecule has 156 valence electrons. The summed E-state index contributed by atoms with van der Waals surface area (Å²) >= 11 is 1.47. The van der Waals surface area contributed by atoms with Crippen molar-refractivity contribution in [1.29, 1.82) is 0 Å². The first-order chi connectivity index (χ1) is 14.7. The molecule has 3 aromatic rings. The van der Waals surface area contributed by atoms with E-state index in [-0.39, 0.29) is 5.91 Å². The first-order valence-corrected chi connectivity index (χ1v) is 10.4. The lowest BCUT2D eigenvalue weighted by Crippen LogP contribution is -2.35. The van der Waals surface area contributed by atoms with Crippen molar-refractivity contribution < 1.29 is 19.0 Å². The number of thiazole rings is 1. The second-order valence-corrected chi connectivity index (χ2v) is 7.67. The van der Waals surface area contributed by atoms with Crippen LogP contribution in [0.4, 0.5) is 10.1 Å². The van der Waals surface area contributed by atoms with Crippen LogP contribution in [0.15, 0.2) is 48.5 Å². The lowest BCUT2D eigenvalue weighted by Gasteiger charge is -2.27. The Hall–Kier alpha value is -3.10. The van der Waals surface area contributed by atoms with Crippen LogP contribution < -0.4 is 19.7 Å². The second kappa shape index (κ2) is 9.15. The maximum atomic E-state index is 12.9. The number of ether oxygens (including phenoxy) is 3. The Balaban J connectivity index is 1.64. The van der Waals surface area contributed by atoms with Crippen LogP contribution in [0, 0.1) is 0 Å². The molecule has 1 aliphatic rings. The Kier molecular flexibility index (Phi) is 6.15. The smallest absolute Gasteiger partial charge is 0.257 e. The lowest BCUT2D eigenvalue weighted by molar-refractivity contribution is 0.102. The molecule has 4 rings (SSSR count). The van der Waals surface area contributed by atoms with Gasteiger partial charge in [-0.15, -0.1) is 0 Å². The number of hydrogen-bond donors (Lipinski definition) is 1. The molecule has 0 saturated carbocycles. The Morgan fingerprint density at radius 3 is 2.37 bits per heavy atom. The van der Waals surface area contributed by atoms with E-state index < -0.39 is 0 Å². The van der Waals surface area contributed by atoms with Gasteiger partial charge < -0.3 is 19.1 Å². The Morgan fingerprint density at radius 2 is 1.73 bits per heavy atom. The summed E-state index contributed by atoms with van der Waals surface area (Å²) in [5.41, 5.74) is 2.32. The number of aromatic nitrogens is 1. The molecule has 2 aromatic carbocycles. The van der Waals surface area contributed by atoms with Crippen molar-refractivity contribution in [1.82, 2.24) is 4.98 Å². The van der Waals surface area contributed by atoms with E-state index in [0.717, 1.165) is 29.3 Å². The van der Waals surface area contributed by atoms with Crippen LogP contribution in [0.3, 0.4) is 0 Å². The zero-order valence-electron chi connectivity index (χ0n) is 16.9. The molecule has 30 heavy (non-hydrogen) atoms. The maximum Gasteiger partial charge on any atom is 0.257 e. The van der Waals surface area contributed by atoms with E-state index in [1.807, 2.05) is 30.3 Å². The highest BCUT2D eigenvalue weighted by Gasteiger charge is 2.22. The highest BCUT2D eigenvalue weighted by molar-refractivity contribution is 7.20. The van der Waals surface area contributed by atoms with Gasteiger partial charge in [0.15, 0.2) is 5.13 Å². The van der Waals surface area contributed by atoms with Crippen LogP contribution in [0.1, 0.15) is 10.4 Å². The number of hydrogen-bond acceptors (Lipinski definition) is 7. The predicted octanol–water partition coefficient (Wildman–Crippen LogP) is 3.92. The topological polar surface area (TPSA) is 72.9 Å². The Morgan fingerprint density at radius 1 is 1.07 bits per heavy atom. The molecule has 7 nitrogen and oxygen atoms in total. The third-order valence-corrected chi connectivity index (χ3v) is 5.82. The average molecular weight is 426 g/mol. The van der Waals surface area contributed by atoms with E-state index in [0.29, 0.717) is 35.4 Å². The van der Waals surface area contributed by atoms with Crippen LogP contribution in [0.5, 0.6) is 11.5 Å². The van der Waals surface area contributed by atoms with E-state index >= 15 is 0 Å². The number of morpholine rings is 1. The normalized spacial score (nSPS) is 13.7. The number of benzene rings is 2. The predicted molar refractivity (Wildman–Crippen MR) is 118 cm³/mol. The summed E-state index contributed by atoms with van der Waals surface area (Å²) < 4.78 is 16.0. The highest BCUT2D eigenvalue weighted by atomic mass is 32.1. The lowest BCUT2D eigenvalue weighted by atomic mass is 10.1. The summed E-state index contributed by atoms with van der Waals surface area (Å²) in [5.74, 6) is 0.837. The fourth-order valence-electron chi connectivity index (χ4n) is 3.24. The van der Waals surface area contributed by atoms with Gasteiger partial charge in [0, 0.05) is 30.3 Å². The molecule has 1 amide bonds.